The molecule has 0 aliphatic carbocycles. The number of piperidine rings is 1. The lowest BCUT2D eigenvalue weighted by atomic mass is 10.1. The number of hydrogen-bond donors (Lipinski definition) is 1. The molecule has 1 aromatic heterocycles. The zero-order valence-electron chi connectivity index (χ0n) is 9.03. The average Bonchev–Trinajstić information content (AvgIpc) is 2.61. The van der Waals surface area contributed by atoms with Gasteiger partial charge in [-0.15, -0.1) is 23.7 Å². The van der Waals surface area contributed by atoms with Gasteiger partial charge in [0, 0.05) is 24.5 Å². The summed E-state index contributed by atoms with van der Waals surface area (Å²) in [6.07, 6.45) is 3.97. The van der Waals surface area contributed by atoms with Gasteiger partial charge in [0.25, 0.3) is 0 Å². The van der Waals surface area contributed by atoms with Gasteiger partial charge >= 0.3 is 0 Å². The maximum Gasteiger partial charge on any atom is 0.185 e. The Morgan fingerprint density at radius 3 is 2.53 bits per heavy atom. The smallest absolute Gasteiger partial charge is 0.185 e. The number of halogens is 1. The van der Waals surface area contributed by atoms with Crippen LogP contribution >= 0.6 is 23.7 Å². The fourth-order valence-corrected chi connectivity index (χ4v) is 2.81. The topological polar surface area (TPSA) is 42.2 Å². The van der Waals surface area contributed by atoms with Crippen LogP contribution in [0, 0.1) is 6.92 Å². The first kappa shape index (κ1) is 12.7. The lowest BCUT2D eigenvalue weighted by molar-refractivity contribution is 0.576. The number of anilines is 1. The maximum absolute atomic E-state index is 5.65. The Balaban J connectivity index is 0.00000112. The molecule has 2 heterocycles. The fraction of sp³-hybridized carbons (Fsp3) is 0.700. The van der Waals surface area contributed by atoms with Crippen molar-refractivity contribution in [2.75, 3.05) is 18.0 Å². The standard InChI is InChI=1S/C10H17N3S.ClH/c1-8-9(7-11)14-10(12-8)13-5-3-2-4-6-13;/h2-7,11H2,1H3;1H. The molecule has 0 spiro atoms. The van der Waals surface area contributed by atoms with E-state index in [0.717, 1.165) is 18.8 Å². The summed E-state index contributed by atoms with van der Waals surface area (Å²) < 4.78 is 0. The van der Waals surface area contributed by atoms with Crippen molar-refractivity contribution < 1.29 is 0 Å². The van der Waals surface area contributed by atoms with Gasteiger partial charge in [-0.25, -0.2) is 4.98 Å². The molecule has 15 heavy (non-hydrogen) atoms. The number of nitrogens with zero attached hydrogens (tertiary/aromatic N) is 2. The van der Waals surface area contributed by atoms with Crippen molar-refractivity contribution in [2.24, 2.45) is 5.73 Å². The molecule has 1 aliphatic rings. The molecular formula is C10H18ClN3S. The van der Waals surface area contributed by atoms with Crippen molar-refractivity contribution >= 4 is 28.9 Å². The third-order valence-corrected chi connectivity index (χ3v) is 3.93. The average molecular weight is 248 g/mol. The summed E-state index contributed by atoms with van der Waals surface area (Å²) in [5.41, 5.74) is 6.75. The van der Waals surface area contributed by atoms with E-state index in [1.807, 2.05) is 6.92 Å². The minimum absolute atomic E-state index is 0. The van der Waals surface area contributed by atoms with Crippen LogP contribution in [-0.2, 0) is 6.54 Å². The number of thiazole rings is 1. The third kappa shape index (κ3) is 2.83. The summed E-state index contributed by atoms with van der Waals surface area (Å²) in [7, 11) is 0. The molecule has 2 N–H and O–H groups in total. The van der Waals surface area contributed by atoms with E-state index in [0.29, 0.717) is 6.54 Å². The first-order valence-corrected chi connectivity index (χ1v) is 6.04. The highest BCUT2D eigenvalue weighted by Crippen LogP contribution is 2.27. The molecule has 1 saturated heterocycles. The van der Waals surface area contributed by atoms with Crippen LogP contribution < -0.4 is 10.6 Å². The van der Waals surface area contributed by atoms with Crippen molar-refractivity contribution in [3.63, 3.8) is 0 Å². The van der Waals surface area contributed by atoms with E-state index in [9.17, 15) is 0 Å². The van der Waals surface area contributed by atoms with Crippen LogP contribution in [0.25, 0.3) is 0 Å². The molecule has 0 amide bonds. The monoisotopic (exact) mass is 247 g/mol. The zero-order valence-corrected chi connectivity index (χ0v) is 10.7. The normalized spacial score (nSPS) is 16.3. The maximum atomic E-state index is 5.65. The lowest BCUT2D eigenvalue weighted by Crippen LogP contribution is -2.29. The largest absolute Gasteiger partial charge is 0.348 e. The van der Waals surface area contributed by atoms with Crippen molar-refractivity contribution in [1.82, 2.24) is 4.98 Å². The van der Waals surface area contributed by atoms with E-state index >= 15 is 0 Å². The molecule has 2 rings (SSSR count). The summed E-state index contributed by atoms with van der Waals surface area (Å²) in [5.74, 6) is 0. The number of hydrogen-bond acceptors (Lipinski definition) is 4. The molecule has 0 saturated carbocycles. The summed E-state index contributed by atoms with van der Waals surface area (Å²) >= 11 is 1.76. The molecule has 0 bridgehead atoms. The summed E-state index contributed by atoms with van der Waals surface area (Å²) in [6, 6.07) is 0. The summed E-state index contributed by atoms with van der Waals surface area (Å²) in [4.78, 5) is 8.19. The van der Waals surface area contributed by atoms with Crippen LogP contribution in [0.4, 0.5) is 5.13 Å². The van der Waals surface area contributed by atoms with Crippen molar-refractivity contribution in [1.29, 1.82) is 0 Å². The van der Waals surface area contributed by atoms with Crippen molar-refractivity contribution in [2.45, 2.75) is 32.7 Å². The van der Waals surface area contributed by atoms with E-state index in [1.54, 1.807) is 11.3 Å². The quantitative estimate of drug-likeness (QED) is 0.872. The molecule has 0 atom stereocenters. The van der Waals surface area contributed by atoms with E-state index < -0.39 is 0 Å². The van der Waals surface area contributed by atoms with Gasteiger partial charge in [0.05, 0.1) is 5.69 Å². The number of aromatic nitrogens is 1. The molecule has 0 unspecified atom stereocenters. The Labute approximate surface area is 101 Å². The molecule has 86 valence electrons. The second-order valence-corrected chi connectivity index (χ2v) is 4.82. The molecule has 5 heteroatoms. The van der Waals surface area contributed by atoms with Crippen molar-refractivity contribution in [3.8, 4) is 0 Å². The van der Waals surface area contributed by atoms with Crippen LogP contribution in [0.15, 0.2) is 0 Å². The first-order valence-electron chi connectivity index (χ1n) is 5.22. The van der Waals surface area contributed by atoms with E-state index in [2.05, 4.69) is 9.88 Å². The Morgan fingerprint density at radius 1 is 1.33 bits per heavy atom. The third-order valence-electron chi connectivity index (χ3n) is 2.69. The minimum Gasteiger partial charge on any atom is -0.348 e. The van der Waals surface area contributed by atoms with Gasteiger partial charge in [0.1, 0.15) is 0 Å². The number of rotatable bonds is 2. The summed E-state index contributed by atoms with van der Waals surface area (Å²) in [5, 5.41) is 1.17. The van der Waals surface area contributed by atoms with Gasteiger partial charge in [-0.2, -0.15) is 0 Å². The molecular weight excluding hydrogens is 230 g/mol. The second kappa shape index (κ2) is 5.68. The predicted octanol–water partition coefficient (Wildman–Crippen LogP) is 2.32. The van der Waals surface area contributed by atoms with Gasteiger partial charge in [0.2, 0.25) is 0 Å². The Morgan fingerprint density at radius 2 is 2.00 bits per heavy atom. The lowest BCUT2D eigenvalue weighted by Gasteiger charge is -2.25. The van der Waals surface area contributed by atoms with Crippen molar-refractivity contribution in [3.05, 3.63) is 10.6 Å². The van der Waals surface area contributed by atoms with Crippen LogP contribution in [0.3, 0.4) is 0 Å². The Bertz CT molecular complexity index is 308. The first-order chi connectivity index (χ1) is 6.81. The highest BCUT2D eigenvalue weighted by molar-refractivity contribution is 7.15. The van der Waals surface area contributed by atoms with Crippen LogP contribution in [0.1, 0.15) is 29.8 Å². The molecule has 0 radical (unpaired) electrons. The van der Waals surface area contributed by atoms with Gasteiger partial charge in [-0.3, -0.25) is 0 Å². The number of aryl methyl sites for hydroxylation is 1. The highest BCUT2D eigenvalue weighted by Gasteiger charge is 2.15. The molecule has 1 aromatic rings. The molecule has 3 nitrogen and oxygen atoms in total. The fourth-order valence-electron chi connectivity index (χ4n) is 1.82. The predicted molar refractivity (Wildman–Crippen MR) is 68.1 cm³/mol. The van der Waals surface area contributed by atoms with Gasteiger partial charge in [-0.1, -0.05) is 0 Å². The van der Waals surface area contributed by atoms with Crippen LogP contribution in [0.5, 0.6) is 0 Å². The van der Waals surface area contributed by atoms with Gasteiger partial charge < -0.3 is 10.6 Å². The Hall–Kier alpha value is -0.320. The SMILES string of the molecule is Cc1nc(N2CCCCC2)sc1CN.Cl. The minimum atomic E-state index is 0. The Kier molecular flexibility index (Phi) is 4.83. The molecule has 1 aliphatic heterocycles. The van der Waals surface area contributed by atoms with E-state index in [1.165, 1.54) is 29.3 Å². The van der Waals surface area contributed by atoms with Gasteiger partial charge in [0.15, 0.2) is 5.13 Å². The zero-order chi connectivity index (χ0) is 9.97. The van der Waals surface area contributed by atoms with Crippen LogP contribution in [-0.4, -0.2) is 18.1 Å². The summed E-state index contributed by atoms with van der Waals surface area (Å²) in [6.45, 7) is 5.00. The highest BCUT2D eigenvalue weighted by atomic mass is 35.5. The molecule has 1 fully saturated rings. The number of nitrogens with two attached hydrogens (primary N) is 1. The van der Waals surface area contributed by atoms with Crippen LogP contribution in [0.2, 0.25) is 0 Å². The molecule has 0 aromatic carbocycles. The van der Waals surface area contributed by atoms with Gasteiger partial charge in [-0.05, 0) is 26.2 Å². The van der Waals surface area contributed by atoms with E-state index in [-0.39, 0.29) is 12.4 Å². The second-order valence-electron chi connectivity index (χ2n) is 3.76. The van der Waals surface area contributed by atoms with E-state index in [4.69, 9.17) is 5.73 Å².